The molecule has 3 atom stereocenters. The van der Waals surface area contributed by atoms with Crippen LogP contribution in [0.2, 0.25) is 0 Å². The van der Waals surface area contributed by atoms with E-state index in [-0.39, 0.29) is 17.3 Å². The van der Waals surface area contributed by atoms with Gasteiger partial charge in [-0.1, -0.05) is 34.0 Å². The van der Waals surface area contributed by atoms with Gasteiger partial charge in [0.1, 0.15) is 17.1 Å². The Balaban J connectivity index is 2.06. The number of carboxylic acids is 1. The van der Waals surface area contributed by atoms with E-state index in [1.807, 2.05) is 6.07 Å². The number of ether oxygens (including phenoxy) is 1. The molecule has 4 nitrogen and oxygen atoms in total. The number of carboxylic acid groups (broad SMARTS) is 1. The maximum atomic E-state index is 12.2. The number of phenols is 1. The van der Waals surface area contributed by atoms with Gasteiger partial charge in [0.15, 0.2) is 0 Å². The highest BCUT2D eigenvalue weighted by atomic mass is 79.9. The Labute approximate surface area is 176 Å². The predicted octanol–water partition coefficient (Wildman–Crippen LogP) is 5.91. The Morgan fingerprint density at radius 2 is 2.07 bits per heavy atom. The van der Waals surface area contributed by atoms with E-state index >= 15 is 0 Å². The summed E-state index contributed by atoms with van der Waals surface area (Å²) in [5.74, 6) is 0.433. The lowest BCUT2D eigenvalue weighted by Gasteiger charge is -2.47. The normalized spacial score (nSPS) is 25.0. The summed E-state index contributed by atoms with van der Waals surface area (Å²) >= 11 is 3.41. The van der Waals surface area contributed by atoms with Crippen LogP contribution in [0, 0.1) is 5.92 Å². The number of phenolic OH excluding ortho intramolecular Hbond substituents is 1. The second-order valence-corrected chi connectivity index (χ2v) is 9.89. The molecule has 1 aromatic rings. The lowest BCUT2D eigenvalue weighted by atomic mass is 9.66. The summed E-state index contributed by atoms with van der Waals surface area (Å²) < 4.78 is 6.36. The molecule has 0 amide bonds. The van der Waals surface area contributed by atoms with Crippen LogP contribution in [0.5, 0.6) is 11.5 Å². The molecule has 1 aromatic carbocycles. The van der Waals surface area contributed by atoms with Crippen molar-refractivity contribution in [2.75, 3.05) is 5.33 Å². The number of hydrogen-bond acceptors (Lipinski definition) is 3. The summed E-state index contributed by atoms with van der Waals surface area (Å²) in [7, 11) is 0. The summed E-state index contributed by atoms with van der Waals surface area (Å²) in [5, 5.41) is 21.8. The van der Waals surface area contributed by atoms with E-state index in [0.29, 0.717) is 23.7 Å². The molecule has 0 aromatic heterocycles. The smallest absolute Gasteiger partial charge is 0.313 e. The number of unbranched alkanes of at least 4 members (excludes halogenated alkanes) is 1. The minimum absolute atomic E-state index is 0.167. The molecule has 154 valence electrons. The number of alkyl halides is 1. The molecule has 2 N–H and O–H groups in total. The third-order valence-corrected chi connectivity index (χ3v) is 7.24. The van der Waals surface area contributed by atoms with Gasteiger partial charge in [0, 0.05) is 22.7 Å². The van der Waals surface area contributed by atoms with E-state index in [1.165, 1.54) is 5.57 Å². The minimum atomic E-state index is -1.05. The molecule has 0 spiro atoms. The van der Waals surface area contributed by atoms with Crippen molar-refractivity contribution in [2.45, 2.75) is 76.7 Å². The molecule has 0 radical (unpaired) electrons. The average molecular weight is 451 g/mol. The molecule has 3 rings (SSSR count). The number of fused-ring (bicyclic) bond motifs is 3. The number of hydrogen-bond donors (Lipinski definition) is 2. The zero-order chi connectivity index (χ0) is 20.7. The van der Waals surface area contributed by atoms with Crippen LogP contribution < -0.4 is 4.74 Å². The maximum absolute atomic E-state index is 12.2. The summed E-state index contributed by atoms with van der Waals surface area (Å²) in [6.07, 6.45) is 6.34. The molecule has 1 heterocycles. The highest BCUT2D eigenvalue weighted by molar-refractivity contribution is 9.09. The van der Waals surface area contributed by atoms with Gasteiger partial charge < -0.3 is 14.9 Å². The highest BCUT2D eigenvalue weighted by Crippen LogP contribution is 2.55. The van der Waals surface area contributed by atoms with Gasteiger partial charge in [-0.2, -0.15) is 0 Å². The van der Waals surface area contributed by atoms with Crippen LogP contribution in [0.15, 0.2) is 23.8 Å². The zero-order valence-corrected chi connectivity index (χ0v) is 18.8. The average Bonchev–Trinajstić information content (AvgIpc) is 2.60. The second kappa shape index (κ2) is 7.74. The van der Waals surface area contributed by atoms with E-state index in [1.54, 1.807) is 13.0 Å². The van der Waals surface area contributed by atoms with E-state index in [0.717, 1.165) is 36.6 Å². The molecule has 5 heteroatoms. The Morgan fingerprint density at radius 1 is 1.36 bits per heavy atom. The van der Waals surface area contributed by atoms with Crippen LogP contribution in [-0.2, 0) is 10.2 Å². The molecule has 1 aliphatic carbocycles. The van der Waals surface area contributed by atoms with Gasteiger partial charge in [-0.25, -0.2) is 0 Å². The molecule has 1 unspecified atom stereocenters. The van der Waals surface area contributed by atoms with Crippen molar-refractivity contribution in [1.29, 1.82) is 0 Å². The Bertz CT molecular complexity index is 798. The molecule has 28 heavy (non-hydrogen) atoms. The minimum Gasteiger partial charge on any atom is -0.508 e. The first-order chi connectivity index (χ1) is 13.1. The maximum Gasteiger partial charge on any atom is 0.313 e. The molecule has 1 aliphatic heterocycles. The van der Waals surface area contributed by atoms with Crippen LogP contribution in [0.1, 0.15) is 76.8 Å². The van der Waals surface area contributed by atoms with Crippen molar-refractivity contribution in [2.24, 2.45) is 5.92 Å². The molecule has 0 fully saturated rings. The molecular formula is C23H31BrO4. The number of benzene rings is 1. The standard InChI is InChI=1S/C23H31BrO4/c1-14-7-8-17-16(11-14)20-18(25)12-15(13-19(20)28-22(17,2)3)23(4,21(26)27)9-5-6-10-24/h7,12-13,16-17,25H,5-6,8-11H2,1-4H3,(H,26,27)/t16-,17-,23?/m1/s1. The molecule has 0 bridgehead atoms. The van der Waals surface area contributed by atoms with Crippen LogP contribution in [0.25, 0.3) is 0 Å². The van der Waals surface area contributed by atoms with E-state index in [9.17, 15) is 15.0 Å². The number of halogens is 1. The first kappa shape index (κ1) is 21.2. The van der Waals surface area contributed by atoms with E-state index in [2.05, 4.69) is 42.8 Å². The summed E-state index contributed by atoms with van der Waals surface area (Å²) in [5.41, 5.74) is 1.37. The van der Waals surface area contributed by atoms with Crippen LogP contribution in [-0.4, -0.2) is 27.1 Å². The zero-order valence-electron chi connectivity index (χ0n) is 17.2. The quantitative estimate of drug-likeness (QED) is 0.321. The third-order valence-electron chi connectivity index (χ3n) is 6.67. The second-order valence-electron chi connectivity index (χ2n) is 9.10. The van der Waals surface area contributed by atoms with E-state index in [4.69, 9.17) is 4.74 Å². The van der Waals surface area contributed by atoms with Crippen LogP contribution in [0.3, 0.4) is 0 Å². The van der Waals surface area contributed by atoms with Gasteiger partial charge in [0.2, 0.25) is 0 Å². The third kappa shape index (κ3) is 3.70. The number of carbonyl (C=O) groups is 1. The Kier molecular flexibility index (Phi) is 5.86. The number of aromatic hydroxyl groups is 1. The number of allylic oxidation sites excluding steroid dienone is 2. The van der Waals surface area contributed by atoms with Crippen molar-refractivity contribution in [3.8, 4) is 11.5 Å². The Hall–Kier alpha value is -1.49. The Morgan fingerprint density at radius 3 is 2.71 bits per heavy atom. The molecule has 0 saturated carbocycles. The molecule has 2 aliphatic rings. The topological polar surface area (TPSA) is 66.8 Å². The van der Waals surface area contributed by atoms with Crippen molar-refractivity contribution in [3.63, 3.8) is 0 Å². The number of rotatable bonds is 6. The molecular weight excluding hydrogens is 420 g/mol. The fourth-order valence-electron chi connectivity index (χ4n) is 4.83. The van der Waals surface area contributed by atoms with Crippen molar-refractivity contribution >= 4 is 21.9 Å². The van der Waals surface area contributed by atoms with Gasteiger partial charge >= 0.3 is 5.97 Å². The predicted molar refractivity (Wildman–Crippen MR) is 115 cm³/mol. The summed E-state index contributed by atoms with van der Waals surface area (Å²) in [6, 6.07) is 3.52. The first-order valence-corrected chi connectivity index (χ1v) is 11.2. The summed E-state index contributed by atoms with van der Waals surface area (Å²) in [6.45, 7) is 8.07. The van der Waals surface area contributed by atoms with Gasteiger partial charge in [-0.3, -0.25) is 4.79 Å². The van der Waals surface area contributed by atoms with Crippen molar-refractivity contribution in [1.82, 2.24) is 0 Å². The van der Waals surface area contributed by atoms with E-state index < -0.39 is 11.4 Å². The summed E-state index contributed by atoms with van der Waals surface area (Å²) in [4.78, 5) is 12.2. The van der Waals surface area contributed by atoms with Gasteiger partial charge in [0.05, 0.1) is 5.41 Å². The SMILES string of the molecule is CC1=CC[C@@H]2[C@@H](C1)c1c(O)cc(C(C)(CCCCBr)C(=O)O)cc1OC2(C)C. The van der Waals surface area contributed by atoms with Crippen LogP contribution in [0.4, 0.5) is 0 Å². The van der Waals surface area contributed by atoms with Crippen molar-refractivity contribution in [3.05, 3.63) is 34.9 Å². The van der Waals surface area contributed by atoms with Gasteiger partial charge in [0.25, 0.3) is 0 Å². The van der Waals surface area contributed by atoms with Crippen LogP contribution >= 0.6 is 15.9 Å². The van der Waals surface area contributed by atoms with Crippen molar-refractivity contribution < 1.29 is 19.7 Å². The lowest BCUT2D eigenvalue weighted by molar-refractivity contribution is -0.143. The van der Waals surface area contributed by atoms with Gasteiger partial charge in [-0.15, -0.1) is 0 Å². The monoisotopic (exact) mass is 450 g/mol. The number of aliphatic carboxylic acids is 1. The lowest BCUT2D eigenvalue weighted by Crippen LogP contribution is -2.45. The fourth-order valence-corrected chi connectivity index (χ4v) is 5.23. The highest BCUT2D eigenvalue weighted by Gasteiger charge is 2.46. The largest absolute Gasteiger partial charge is 0.508 e. The first-order valence-electron chi connectivity index (χ1n) is 10.1. The fraction of sp³-hybridized carbons (Fsp3) is 0.609. The van der Waals surface area contributed by atoms with Gasteiger partial charge in [-0.05, 0) is 71.1 Å². The molecule has 0 saturated heterocycles.